The SMILES string of the molecule is CC(=O)Cn1c(C)c(Cc2ccccc2)c2c[c-]ccc21.CS(=O)(=O)[O-].[Na+].[W]. The third-order valence-corrected chi connectivity index (χ3v) is 3.90. The average molecular weight is 578 g/mol. The Morgan fingerprint density at radius 1 is 1.18 bits per heavy atom. The Hall–Kier alpha value is -0.752. The van der Waals surface area contributed by atoms with E-state index in [1.807, 2.05) is 24.3 Å². The molecule has 3 aromatic rings. The van der Waals surface area contributed by atoms with Gasteiger partial charge in [0.1, 0.15) is 5.78 Å². The van der Waals surface area contributed by atoms with E-state index < -0.39 is 10.1 Å². The molecule has 0 spiro atoms. The van der Waals surface area contributed by atoms with Gasteiger partial charge in [-0.05, 0) is 25.8 Å². The van der Waals surface area contributed by atoms with E-state index in [0.29, 0.717) is 12.8 Å². The Morgan fingerprint density at radius 3 is 2.29 bits per heavy atom. The summed E-state index contributed by atoms with van der Waals surface area (Å²) < 4.78 is 29.3. The summed E-state index contributed by atoms with van der Waals surface area (Å²) >= 11 is 0. The molecule has 0 unspecified atom stereocenters. The van der Waals surface area contributed by atoms with E-state index in [-0.39, 0.29) is 56.4 Å². The van der Waals surface area contributed by atoms with Crippen molar-refractivity contribution >= 4 is 26.8 Å². The monoisotopic (exact) mass is 578 g/mol. The first-order valence-corrected chi connectivity index (χ1v) is 9.90. The Balaban J connectivity index is 0.000000934. The molecule has 144 valence electrons. The maximum Gasteiger partial charge on any atom is 1.00 e. The van der Waals surface area contributed by atoms with Crippen molar-refractivity contribution in [3.8, 4) is 0 Å². The van der Waals surface area contributed by atoms with Gasteiger partial charge in [0.2, 0.25) is 0 Å². The predicted molar refractivity (Wildman–Crippen MR) is 101 cm³/mol. The molecule has 1 heterocycles. The number of carbonyl (C=O) groups excluding carboxylic acids is 1. The van der Waals surface area contributed by atoms with Crippen LogP contribution in [0.15, 0.2) is 48.5 Å². The molecule has 0 amide bonds. The number of hydrogen-bond acceptors (Lipinski definition) is 4. The first-order valence-electron chi connectivity index (χ1n) is 8.09. The fourth-order valence-corrected chi connectivity index (χ4v) is 2.89. The van der Waals surface area contributed by atoms with Gasteiger partial charge in [0.25, 0.3) is 0 Å². The number of fused-ring (bicyclic) bond motifs is 1. The van der Waals surface area contributed by atoms with E-state index in [4.69, 9.17) is 13.0 Å². The van der Waals surface area contributed by atoms with Crippen molar-refractivity contribution in [2.24, 2.45) is 0 Å². The van der Waals surface area contributed by atoms with Gasteiger partial charge in [-0.3, -0.25) is 4.79 Å². The van der Waals surface area contributed by atoms with Crippen LogP contribution in [0.5, 0.6) is 0 Å². The van der Waals surface area contributed by atoms with Crippen LogP contribution in [0.25, 0.3) is 10.9 Å². The second-order valence-corrected chi connectivity index (χ2v) is 7.57. The summed E-state index contributed by atoms with van der Waals surface area (Å²) in [5.41, 5.74) is 4.86. The summed E-state index contributed by atoms with van der Waals surface area (Å²) in [6, 6.07) is 19.6. The van der Waals surface area contributed by atoms with E-state index in [1.54, 1.807) is 6.92 Å². The van der Waals surface area contributed by atoms with Gasteiger partial charge < -0.3 is 9.12 Å². The molecule has 5 nitrogen and oxygen atoms in total. The topological polar surface area (TPSA) is 79.2 Å². The fraction of sp³-hybridized carbons (Fsp3) is 0.250. The average Bonchev–Trinajstić information content (AvgIpc) is 2.80. The van der Waals surface area contributed by atoms with Gasteiger partial charge in [-0.25, -0.2) is 8.42 Å². The molecule has 0 bridgehead atoms. The summed E-state index contributed by atoms with van der Waals surface area (Å²) in [6.07, 6.45) is 1.49. The maximum atomic E-state index is 11.5. The number of carbonyl (C=O) groups is 1. The molecule has 28 heavy (non-hydrogen) atoms. The van der Waals surface area contributed by atoms with Crippen molar-refractivity contribution in [2.45, 2.75) is 26.8 Å². The standard InChI is InChI=1S/C19H18NO.CH4O3S.Na.W/c1-14(21)13-20-15(2)18(12-16-8-4-3-5-9-16)17-10-6-7-11-19(17)20;1-5(2,3)4;;/h3-5,7-11H,12-13H2,1-2H3;1H3,(H,2,3,4);;/q-1;;+1;/p-1. The second kappa shape index (κ2) is 12.1. The van der Waals surface area contributed by atoms with Crippen LogP contribution in [0, 0.1) is 13.0 Å². The molecule has 1 aromatic heterocycles. The smallest absolute Gasteiger partial charge is 0.748 e. The summed E-state index contributed by atoms with van der Waals surface area (Å²) in [5.74, 6) is 0.175. The van der Waals surface area contributed by atoms with E-state index >= 15 is 0 Å². The molecule has 2 aromatic carbocycles. The van der Waals surface area contributed by atoms with Crippen molar-refractivity contribution in [2.75, 3.05) is 6.26 Å². The van der Waals surface area contributed by atoms with Gasteiger partial charge in [0, 0.05) is 33.0 Å². The minimum Gasteiger partial charge on any atom is -0.748 e. The van der Waals surface area contributed by atoms with Gasteiger partial charge in [-0.15, -0.1) is 11.5 Å². The van der Waals surface area contributed by atoms with Crippen LogP contribution in [0.4, 0.5) is 0 Å². The molecule has 0 N–H and O–H groups in total. The number of rotatable bonds is 4. The first kappa shape index (κ1) is 27.2. The van der Waals surface area contributed by atoms with Gasteiger partial charge in [0.05, 0.1) is 16.7 Å². The number of Topliss-reactive ketones (excluding diaryl/α,β-unsaturated/α-hetero) is 1. The van der Waals surface area contributed by atoms with Crippen LogP contribution in [0.3, 0.4) is 0 Å². The third kappa shape index (κ3) is 8.32. The molecular weight excluding hydrogens is 557 g/mol. The molecule has 8 heteroatoms. The number of aromatic nitrogens is 1. The van der Waals surface area contributed by atoms with Crippen molar-refractivity contribution in [1.82, 2.24) is 4.57 Å². The fourth-order valence-electron chi connectivity index (χ4n) is 2.89. The first-order chi connectivity index (χ1) is 12.2. The molecule has 0 radical (unpaired) electrons. The third-order valence-electron chi connectivity index (χ3n) is 3.90. The summed E-state index contributed by atoms with van der Waals surface area (Å²) in [6.45, 7) is 4.17. The van der Waals surface area contributed by atoms with Crippen LogP contribution in [0.2, 0.25) is 0 Å². The normalized spacial score (nSPS) is 10.3. The maximum absolute atomic E-state index is 11.5. The van der Waals surface area contributed by atoms with Crippen LogP contribution in [-0.4, -0.2) is 29.6 Å². The molecule has 0 fully saturated rings. The number of nitrogens with zero attached hydrogens (tertiary/aromatic N) is 1. The molecule has 0 aliphatic rings. The molecule has 0 saturated carbocycles. The number of hydrogen-bond donors (Lipinski definition) is 0. The number of ketones is 1. The number of benzene rings is 2. The zero-order chi connectivity index (χ0) is 19.3. The largest absolute Gasteiger partial charge is 1.00 e. The van der Waals surface area contributed by atoms with Crippen molar-refractivity contribution in [3.63, 3.8) is 0 Å². The van der Waals surface area contributed by atoms with E-state index in [1.165, 1.54) is 22.2 Å². The van der Waals surface area contributed by atoms with Crippen LogP contribution in [-0.2, 0) is 48.9 Å². The van der Waals surface area contributed by atoms with E-state index in [2.05, 4.69) is 41.8 Å². The van der Waals surface area contributed by atoms with Crippen LogP contribution < -0.4 is 29.6 Å². The molecule has 0 saturated heterocycles. The summed E-state index contributed by atoms with van der Waals surface area (Å²) in [5, 5.41) is 1.19. The quantitative estimate of drug-likeness (QED) is 0.250. The molecule has 0 aliphatic heterocycles. The van der Waals surface area contributed by atoms with Crippen molar-refractivity contribution in [3.05, 3.63) is 71.4 Å². The molecular formula is C20H21NNaO4SW-. The minimum absolute atomic E-state index is 0. The molecule has 0 aliphatic carbocycles. The zero-order valence-electron chi connectivity index (χ0n) is 16.4. The Labute approximate surface area is 202 Å². The van der Waals surface area contributed by atoms with Gasteiger partial charge in [-0.2, -0.15) is 18.2 Å². The van der Waals surface area contributed by atoms with Crippen LogP contribution >= 0.6 is 0 Å². The van der Waals surface area contributed by atoms with Gasteiger partial charge in [0.15, 0.2) is 0 Å². The Kier molecular flexibility index (Phi) is 11.7. The van der Waals surface area contributed by atoms with Crippen molar-refractivity contribution in [1.29, 1.82) is 0 Å². The van der Waals surface area contributed by atoms with Crippen LogP contribution in [0.1, 0.15) is 23.7 Å². The second-order valence-electron chi connectivity index (χ2n) is 6.16. The summed E-state index contributed by atoms with van der Waals surface area (Å²) in [7, 11) is -3.92. The molecule has 0 atom stereocenters. The van der Waals surface area contributed by atoms with Gasteiger partial charge >= 0.3 is 29.6 Å². The predicted octanol–water partition coefficient (Wildman–Crippen LogP) is 0.0926. The Morgan fingerprint density at radius 2 is 1.75 bits per heavy atom. The van der Waals surface area contributed by atoms with E-state index in [0.717, 1.165) is 11.9 Å². The Bertz CT molecular complexity index is 1010. The molecule has 3 rings (SSSR count). The van der Waals surface area contributed by atoms with Gasteiger partial charge in [-0.1, -0.05) is 41.4 Å². The van der Waals surface area contributed by atoms with Crippen molar-refractivity contribution < 1.29 is 68.4 Å². The zero-order valence-corrected chi connectivity index (χ0v) is 22.2. The minimum atomic E-state index is -3.92. The van der Waals surface area contributed by atoms with E-state index in [9.17, 15) is 4.79 Å². The summed E-state index contributed by atoms with van der Waals surface area (Å²) in [4.78, 5) is 11.5.